The van der Waals surface area contributed by atoms with Crippen LogP contribution in [-0.4, -0.2) is 39.4 Å². The zero-order valence-electron chi connectivity index (χ0n) is 17.8. The van der Waals surface area contributed by atoms with Crippen LogP contribution in [0.4, 0.5) is 0 Å². The lowest BCUT2D eigenvalue weighted by atomic mass is 10.1. The van der Waals surface area contributed by atoms with Gasteiger partial charge in [-0.3, -0.25) is 0 Å². The molecule has 3 aromatic heterocycles. The molecular weight excluding hydrogens is 378 g/mol. The van der Waals surface area contributed by atoms with Gasteiger partial charge in [-0.05, 0) is 46.2 Å². The average Bonchev–Trinajstić information content (AvgIpc) is 3.32. The summed E-state index contributed by atoms with van der Waals surface area (Å²) in [6.07, 6.45) is 0.967. The van der Waals surface area contributed by atoms with Crippen molar-refractivity contribution in [2.45, 2.75) is 51.6 Å². The molecule has 2 atom stereocenters. The molecule has 0 bridgehead atoms. The lowest BCUT2D eigenvalue weighted by molar-refractivity contribution is 0.0683. The monoisotopic (exact) mass is 403 g/mol. The number of imidazole rings is 1. The molecule has 0 aliphatic heterocycles. The number of aromatic nitrogens is 7. The van der Waals surface area contributed by atoms with E-state index in [0.29, 0.717) is 23.4 Å². The molecule has 154 valence electrons. The van der Waals surface area contributed by atoms with Gasteiger partial charge in [0.05, 0.1) is 16.7 Å². The molecule has 1 N–H and O–H groups in total. The molecule has 1 saturated carbocycles. The smallest absolute Gasteiger partial charge is 0.162 e. The van der Waals surface area contributed by atoms with E-state index >= 15 is 0 Å². The summed E-state index contributed by atoms with van der Waals surface area (Å²) in [6.45, 7) is 7.15. The van der Waals surface area contributed by atoms with Crippen molar-refractivity contribution < 1.29 is 5.11 Å². The van der Waals surface area contributed by atoms with Crippen LogP contribution in [0.2, 0.25) is 0 Å². The summed E-state index contributed by atoms with van der Waals surface area (Å²) in [5.74, 6) is 4.04. The predicted octanol–water partition coefficient (Wildman–Crippen LogP) is 3.06. The molecule has 3 heterocycles. The van der Waals surface area contributed by atoms with E-state index in [9.17, 15) is 5.11 Å². The highest BCUT2D eigenvalue weighted by molar-refractivity contribution is 5.76. The fraction of sp³-hybridized carbons (Fsp3) is 0.409. The highest BCUT2D eigenvalue weighted by Crippen LogP contribution is 2.54. The fourth-order valence-electron chi connectivity index (χ4n) is 4.07. The average molecular weight is 403 g/mol. The third-order valence-electron chi connectivity index (χ3n) is 5.70. The molecule has 30 heavy (non-hydrogen) atoms. The first-order chi connectivity index (χ1) is 14.2. The molecule has 0 radical (unpaired) electrons. The van der Waals surface area contributed by atoms with Crippen LogP contribution in [0.15, 0.2) is 30.3 Å². The van der Waals surface area contributed by atoms with Gasteiger partial charge in [-0.15, -0.1) is 5.10 Å². The van der Waals surface area contributed by atoms with Gasteiger partial charge in [0.2, 0.25) is 0 Å². The number of hydrogen-bond donors (Lipinski definition) is 1. The van der Waals surface area contributed by atoms with Crippen LogP contribution in [0.3, 0.4) is 0 Å². The number of aryl methyl sites for hydroxylation is 3. The number of hydrogen-bond acceptors (Lipinski definition) is 6. The quantitative estimate of drug-likeness (QED) is 0.563. The van der Waals surface area contributed by atoms with Crippen LogP contribution in [0, 0.1) is 13.8 Å². The Balaban J connectivity index is 1.56. The van der Waals surface area contributed by atoms with Crippen LogP contribution in [0.5, 0.6) is 0 Å². The second-order valence-electron chi connectivity index (χ2n) is 8.62. The van der Waals surface area contributed by atoms with Gasteiger partial charge in [0, 0.05) is 24.9 Å². The zero-order valence-corrected chi connectivity index (χ0v) is 17.8. The first-order valence-electron chi connectivity index (χ1n) is 10.2. The molecule has 0 spiro atoms. The van der Waals surface area contributed by atoms with Gasteiger partial charge in [-0.2, -0.15) is 4.68 Å². The van der Waals surface area contributed by atoms with Crippen molar-refractivity contribution in [3.63, 3.8) is 0 Å². The summed E-state index contributed by atoms with van der Waals surface area (Å²) in [7, 11) is 2.06. The van der Waals surface area contributed by atoms with Crippen LogP contribution >= 0.6 is 0 Å². The zero-order chi connectivity index (χ0) is 21.2. The van der Waals surface area contributed by atoms with Crippen molar-refractivity contribution in [2.75, 3.05) is 0 Å². The molecule has 8 heteroatoms. The molecule has 5 rings (SSSR count). The summed E-state index contributed by atoms with van der Waals surface area (Å²) in [5, 5.41) is 15.1. The first kappa shape index (κ1) is 18.9. The molecule has 0 amide bonds. The molecule has 4 aromatic rings. The minimum absolute atomic E-state index is 0.230. The summed E-state index contributed by atoms with van der Waals surface area (Å²) in [6, 6.07) is 10.1. The van der Waals surface area contributed by atoms with E-state index in [1.165, 1.54) is 0 Å². The molecule has 0 saturated heterocycles. The predicted molar refractivity (Wildman–Crippen MR) is 112 cm³/mol. The number of aliphatic hydroxyl groups is 1. The molecule has 1 aliphatic carbocycles. The third kappa shape index (κ3) is 3.08. The van der Waals surface area contributed by atoms with E-state index in [1.54, 1.807) is 18.5 Å². The fourth-order valence-corrected chi connectivity index (χ4v) is 4.07. The Morgan fingerprint density at radius 2 is 1.80 bits per heavy atom. The van der Waals surface area contributed by atoms with Crippen LogP contribution < -0.4 is 0 Å². The van der Waals surface area contributed by atoms with Crippen molar-refractivity contribution in [3.8, 4) is 5.82 Å². The van der Waals surface area contributed by atoms with E-state index in [2.05, 4.69) is 32.7 Å². The standard InChI is InChI=1S/C22H25N7O/c1-12-23-13(2)29(27-12)19-11-17(25-21(26-19)22(3,4)30)14-10-15(14)20-24-16-8-6-7-9-18(16)28(20)5/h6-9,11,14-15,30H,10H2,1-5H3/t14-,15?/m1/s1. The minimum atomic E-state index is -1.16. The van der Waals surface area contributed by atoms with Gasteiger partial charge >= 0.3 is 0 Å². The maximum atomic E-state index is 10.6. The topological polar surface area (TPSA) is 94.5 Å². The Morgan fingerprint density at radius 3 is 2.47 bits per heavy atom. The Morgan fingerprint density at radius 1 is 1.03 bits per heavy atom. The lowest BCUT2D eigenvalue weighted by Crippen LogP contribution is -2.22. The number of fused-ring (bicyclic) bond motifs is 1. The molecule has 1 unspecified atom stereocenters. The number of nitrogens with zero attached hydrogens (tertiary/aromatic N) is 7. The highest BCUT2D eigenvalue weighted by Gasteiger charge is 2.44. The van der Waals surface area contributed by atoms with Crippen molar-refractivity contribution >= 4 is 11.0 Å². The molecule has 1 fully saturated rings. The second kappa shape index (κ2) is 6.43. The van der Waals surface area contributed by atoms with Gasteiger partial charge in [0.25, 0.3) is 0 Å². The van der Waals surface area contributed by atoms with Gasteiger partial charge < -0.3 is 9.67 Å². The van der Waals surface area contributed by atoms with E-state index in [4.69, 9.17) is 9.97 Å². The van der Waals surface area contributed by atoms with Gasteiger partial charge in [-0.1, -0.05) is 12.1 Å². The van der Waals surface area contributed by atoms with Crippen molar-refractivity contribution in [3.05, 3.63) is 59.3 Å². The van der Waals surface area contributed by atoms with E-state index < -0.39 is 5.60 Å². The normalized spacial score (nSPS) is 18.9. The van der Waals surface area contributed by atoms with Crippen LogP contribution in [-0.2, 0) is 12.6 Å². The molecule has 8 nitrogen and oxygen atoms in total. The van der Waals surface area contributed by atoms with Crippen molar-refractivity contribution in [2.24, 2.45) is 7.05 Å². The SMILES string of the molecule is Cc1nc(C)n(-c2cc([C@@H]3CC3c3nc4ccccc4n3C)nc(C(C)(C)O)n2)n1. The van der Waals surface area contributed by atoms with Crippen molar-refractivity contribution in [1.29, 1.82) is 0 Å². The Labute approximate surface area is 174 Å². The number of benzene rings is 1. The summed E-state index contributed by atoms with van der Waals surface area (Å²) >= 11 is 0. The molecule has 1 aromatic carbocycles. The molecular formula is C22H25N7O. The van der Waals surface area contributed by atoms with Crippen LogP contribution in [0.25, 0.3) is 16.9 Å². The van der Waals surface area contributed by atoms with Crippen molar-refractivity contribution in [1.82, 2.24) is 34.3 Å². The largest absolute Gasteiger partial charge is 0.382 e. The first-order valence-corrected chi connectivity index (χ1v) is 10.2. The minimum Gasteiger partial charge on any atom is -0.382 e. The van der Waals surface area contributed by atoms with E-state index in [1.807, 2.05) is 38.1 Å². The summed E-state index contributed by atoms with van der Waals surface area (Å²) in [5.41, 5.74) is 1.89. The highest BCUT2D eigenvalue weighted by atomic mass is 16.3. The maximum absolute atomic E-state index is 10.6. The summed E-state index contributed by atoms with van der Waals surface area (Å²) < 4.78 is 3.88. The maximum Gasteiger partial charge on any atom is 0.162 e. The summed E-state index contributed by atoms with van der Waals surface area (Å²) in [4.78, 5) is 18.6. The number of rotatable bonds is 4. The van der Waals surface area contributed by atoms with E-state index in [0.717, 1.165) is 34.8 Å². The van der Waals surface area contributed by atoms with Gasteiger partial charge in [0.15, 0.2) is 11.6 Å². The Bertz CT molecular complexity index is 1260. The Kier molecular flexibility index (Phi) is 4.05. The second-order valence-corrected chi connectivity index (χ2v) is 8.62. The lowest BCUT2D eigenvalue weighted by Gasteiger charge is -2.18. The van der Waals surface area contributed by atoms with E-state index in [-0.39, 0.29) is 5.92 Å². The van der Waals surface area contributed by atoms with Gasteiger partial charge in [-0.25, -0.2) is 19.9 Å². The van der Waals surface area contributed by atoms with Gasteiger partial charge in [0.1, 0.15) is 23.1 Å². The number of para-hydroxylation sites is 2. The Hall–Kier alpha value is -3.13. The third-order valence-corrected chi connectivity index (χ3v) is 5.70. The van der Waals surface area contributed by atoms with Crippen LogP contribution in [0.1, 0.15) is 61.1 Å². The molecule has 1 aliphatic rings.